The van der Waals surface area contributed by atoms with Crippen LogP contribution in [0.3, 0.4) is 0 Å². The number of ether oxygens (including phenoxy) is 1. The van der Waals surface area contributed by atoms with E-state index in [0.717, 1.165) is 0 Å². The van der Waals surface area contributed by atoms with Crippen molar-refractivity contribution < 1.29 is 29.1 Å². The third-order valence-electron chi connectivity index (χ3n) is 5.15. The Morgan fingerprint density at radius 2 is 1.78 bits per heavy atom. The number of hydroxylamine groups is 2. The van der Waals surface area contributed by atoms with E-state index in [-0.39, 0.29) is 5.97 Å². The summed E-state index contributed by atoms with van der Waals surface area (Å²) >= 11 is 0. The van der Waals surface area contributed by atoms with E-state index in [0.29, 0.717) is 35.5 Å². The van der Waals surface area contributed by atoms with E-state index in [1.807, 2.05) is 0 Å². The highest BCUT2D eigenvalue weighted by Crippen LogP contribution is 2.74. The van der Waals surface area contributed by atoms with Gasteiger partial charge in [-0.25, -0.2) is 4.79 Å². The second kappa shape index (κ2) is 4.32. The van der Waals surface area contributed by atoms with Gasteiger partial charge in [0.15, 0.2) is 6.23 Å². The number of methoxy groups -OCH3 is 1. The SMILES string of the molecule is COC(=O)C12CC(C(=O)ON3C(=O)c4ccccc4C3O)(C1)C2. The van der Waals surface area contributed by atoms with Gasteiger partial charge in [0.05, 0.1) is 23.5 Å². The summed E-state index contributed by atoms with van der Waals surface area (Å²) in [6, 6.07) is 6.55. The molecule has 2 bridgehead atoms. The summed E-state index contributed by atoms with van der Waals surface area (Å²) in [5.74, 6) is -1.43. The average molecular weight is 317 g/mol. The van der Waals surface area contributed by atoms with Gasteiger partial charge in [0.1, 0.15) is 0 Å². The van der Waals surface area contributed by atoms with E-state index in [2.05, 4.69) is 0 Å². The Labute approximate surface area is 131 Å². The molecule has 0 radical (unpaired) electrons. The van der Waals surface area contributed by atoms with Gasteiger partial charge >= 0.3 is 11.9 Å². The molecule has 1 N–H and O–H groups in total. The lowest BCUT2D eigenvalue weighted by Gasteiger charge is -2.65. The Morgan fingerprint density at radius 3 is 2.39 bits per heavy atom. The summed E-state index contributed by atoms with van der Waals surface area (Å²) in [7, 11) is 1.32. The summed E-state index contributed by atoms with van der Waals surface area (Å²) in [5.41, 5.74) is -0.571. The maximum absolute atomic E-state index is 12.4. The average Bonchev–Trinajstić information content (AvgIpc) is 2.70. The van der Waals surface area contributed by atoms with Crippen molar-refractivity contribution in [2.45, 2.75) is 25.5 Å². The Bertz CT molecular complexity index is 722. The molecule has 5 rings (SSSR count). The number of aliphatic hydroxyl groups excluding tert-OH is 1. The Kier molecular flexibility index (Phi) is 2.67. The quantitative estimate of drug-likeness (QED) is 0.834. The monoisotopic (exact) mass is 317 g/mol. The summed E-state index contributed by atoms with van der Waals surface area (Å²) < 4.78 is 4.73. The van der Waals surface area contributed by atoms with Crippen LogP contribution in [0.1, 0.15) is 41.4 Å². The number of benzene rings is 1. The van der Waals surface area contributed by atoms with E-state index < -0.39 is 28.9 Å². The molecule has 7 nitrogen and oxygen atoms in total. The number of hydrogen-bond acceptors (Lipinski definition) is 6. The highest BCUT2D eigenvalue weighted by atomic mass is 16.7. The van der Waals surface area contributed by atoms with E-state index in [9.17, 15) is 19.5 Å². The number of nitrogens with zero attached hydrogens (tertiary/aromatic N) is 1. The second-order valence-electron chi connectivity index (χ2n) is 6.55. The fraction of sp³-hybridized carbons (Fsp3) is 0.438. The zero-order valence-electron chi connectivity index (χ0n) is 12.4. The molecule has 1 heterocycles. The molecule has 1 amide bonds. The lowest BCUT2D eigenvalue weighted by atomic mass is 9.35. The molecule has 0 spiro atoms. The number of rotatable bonds is 3. The largest absolute Gasteiger partial charge is 0.469 e. The highest BCUT2D eigenvalue weighted by Gasteiger charge is 2.77. The Balaban J connectivity index is 1.46. The topological polar surface area (TPSA) is 93.1 Å². The van der Waals surface area contributed by atoms with Gasteiger partial charge in [-0.1, -0.05) is 18.2 Å². The van der Waals surface area contributed by atoms with Crippen LogP contribution in [-0.4, -0.2) is 35.1 Å². The number of carbonyl (C=O) groups excluding carboxylic acids is 3. The van der Waals surface area contributed by atoms with E-state index in [1.54, 1.807) is 24.3 Å². The molecular weight excluding hydrogens is 302 g/mol. The minimum absolute atomic E-state index is 0.308. The normalized spacial score (nSPS) is 33.4. The molecule has 4 aliphatic rings. The summed E-state index contributed by atoms with van der Waals surface area (Å²) in [6.45, 7) is 0. The number of fused-ring (bicyclic) bond motifs is 1. The van der Waals surface area contributed by atoms with Crippen molar-refractivity contribution in [3.8, 4) is 0 Å². The first-order valence-corrected chi connectivity index (χ1v) is 7.34. The van der Waals surface area contributed by atoms with Crippen molar-refractivity contribution in [3.63, 3.8) is 0 Å². The maximum atomic E-state index is 12.4. The van der Waals surface area contributed by atoms with Crippen molar-refractivity contribution in [1.82, 2.24) is 5.06 Å². The lowest BCUT2D eigenvalue weighted by molar-refractivity contribution is -0.264. The lowest BCUT2D eigenvalue weighted by Crippen LogP contribution is -2.69. The number of amides is 1. The molecule has 7 heteroatoms. The van der Waals surface area contributed by atoms with Gasteiger partial charge in [0.2, 0.25) is 0 Å². The van der Waals surface area contributed by atoms with E-state index >= 15 is 0 Å². The number of esters is 1. The van der Waals surface area contributed by atoms with Gasteiger partial charge < -0.3 is 14.7 Å². The van der Waals surface area contributed by atoms with Gasteiger partial charge in [-0.2, -0.15) is 0 Å². The predicted molar refractivity (Wildman–Crippen MR) is 74.4 cm³/mol. The minimum Gasteiger partial charge on any atom is -0.469 e. The Hall–Kier alpha value is -2.41. The molecule has 0 saturated heterocycles. The molecule has 1 unspecified atom stereocenters. The maximum Gasteiger partial charge on any atom is 0.338 e. The smallest absolute Gasteiger partial charge is 0.338 e. The highest BCUT2D eigenvalue weighted by molar-refractivity contribution is 5.99. The van der Waals surface area contributed by atoms with Crippen LogP contribution in [-0.2, 0) is 19.2 Å². The van der Waals surface area contributed by atoms with E-state index in [4.69, 9.17) is 9.57 Å². The Morgan fingerprint density at radius 1 is 1.17 bits per heavy atom. The molecule has 3 fully saturated rings. The molecule has 0 aromatic heterocycles. The van der Waals surface area contributed by atoms with Crippen molar-refractivity contribution in [2.75, 3.05) is 7.11 Å². The molecule has 23 heavy (non-hydrogen) atoms. The molecule has 3 aliphatic carbocycles. The fourth-order valence-electron chi connectivity index (χ4n) is 3.99. The summed E-state index contributed by atoms with van der Waals surface area (Å²) in [5, 5.41) is 10.9. The van der Waals surface area contributed by atoms with Crippen molar-refractivity contribution in [3.05, 3.63) is 35.4 Å². The van der Waals surface area contributed by atoms with Crippen molar-refractivity contribution in [1.29, 1.82) is 0 Å². The second-order valence-corrected chi connectivity index (χ2v) is 6.55. The molecule has 3 saturated carbocycles. The van der Waals surface area contributed by atoms with Crippen molar-refractivity contribution >= 4 is 17.8 Å². The van der Waals surface area contributed by atoms with Gasteiger partial charge in [0, 0.05) is 5.56 Å². The van der Waals surface area contributed by atoms with Crippen LogP contribution in [0.5, 0.6) is 0 Å². The molecule has 1 aromatic carbocycles. The van der Waals surface area contributed by atoms with Gasteiger partial charge in [0.25, 0.3) is 5.91 Å². The predicted octanol–water partition coefficient (Wildman–Crippen LogP) is 0.935. The third-order valence-corrected chi connectivity index (χ3v) is 5.15. The first-order chi connectivity index (χ1) is 10.9. The van der Waals surface area contributed by atoms with Gasteiger partial charge in [-0.05, 0) is 25.3 Å². The fourth-order valence-corrected chi connectivity index (χ4v) is 3.99. The van der Waals surface area contributed by atoms with Crippen molar-refractivity contribution in [2.24, 2.45) is 10.8 Å². The molecule has 120 valence electrons. The molecular formula is C16H15NO6. The van der Waals surface area contributed by atoms with Gasteiger partial charge in [-0.3, -0.25) is 9.59 Å². The van der Waals surface area contributed by atoms with Crippen LogP contribution < -0.4 is 0 Å². The number of aliphatic hydroxyl groups is 1. The number of carbonyl (C=O) groups is 3. The van der Waals surface area contributed by atoms with Gasteiger partial charge in [-0.15, -0.1) is 5.06 Å². The van der Waals surface area contributed by atoms with Crippen LogP contribution in [0.2, 0.25) is 0 Å². The molecule has 1 aromatic rings. The van der Waals surface area contributed by atoms with Crippen LogP contribution in [0.15, 0.2) is 24.3 Å². The molecule has 1 aliphatic heterocycles. The van der Waals surface area contributed by atoms with Crippen LogP contribution >= 0.6 is 0 Å². The molecule has 1 atom stereocenters. The number of hydrogen-bond donors (Lipinski definition) is 1. The summed E-state index contributed by atoms with van der Waals surface area (Å²) in [4.78, 5) is 41.4. The van der Waals surface area contributed by atoms with Crippen LogP contribution in [0.4, 0.5) is 0 Å². The first kappa shape index (κ1) is 14.2. The van der Waals surface area contributed by atoms with Crippen LogP contribution in [0.25, 0.3) is 0 Å². The van der Waals surface area contributed by atoms with Crippen LogP contribution in [0, 0.1) is 10.8 Å². The standard InChI is InChI=1S/C16H15NO6/c1-22-13(20)15-6-16(7-15,8-15)14(21)23-17-11(18)9-4-2-3-5-10(9)12(17)19/h2-5,11,18H,6-8H2,1H3. The third kappa shape index (κ3) is 1.65. The zero-order chi connectivity index (χ0) is 16.4. The van der Waals surface area contributed by atoms with E-state index in [1.165, 1.54) is 7.11 Å². The minimum atomic E-state index is -1.30. The zero-order valence-corrected chi connectivity index (χ0v) is 12.4. The first-order valence-electron chi connectivity index (χ1n) is 7.34. The summed E-state index contributed by atoms with van der Waals surface area (Å²) in [6.07, 6.45) is -0.187.